The number of rotatable bonds is 6. The SMILES string of the molecule is CN(CC(=O)O)Cc1ccc(-c2cc(-c3ccccc3O)nnc2N)cc1. The molecule has 0 aliphatic heterocycles. The van der Waals surface area contributed by atoms with Crippen LogP contribution in [0.5, 0.6) is 5.75 Å². The maximum absolute atomic E-state index is 10.8. The summed E-state index contributed by atoms with van der Waals surface area (Å²) < 4.78 is 0. The van der Waals surface area contributed by atoms with Crippen LogP contribution < -0.4 is 5.73 Å². The number of anilines is 1. The summed E-state index contributed by atoms with van der Waals surface area (Å²) in [5.74, 6) is -0.439. The van der Waals surface area contributed by atoms with Crippen LogP contribution in [-0.4, -0.2) is 44.9 Å². The summed E-state index contributed by atoms with van der Waals surface area (Å²) in [5, 5.41) is 27.0. The van der Waals surface area contributed by atoms with Crippen LogP contribution >= 0.6 is 0 Å². The van der Waals surface area contributed by atoms with Crippen molar-refractivity contribution < 1.29 is 15.0 Å². The van der Waals surface area contributed by atoms with E-state index in [4.69, 9.17) is 10.8 Å². The van der Waals surface area contributed by atoms with Crippen LogP contribution in [0.3, 0.4) is 0 Å². The molecule has 0 saturated carbocycles. The molecule has 0 spiro atoms. The number of aromatic hydroxyl groups is 1. The molecule has 7 nitrogen and oxygen atoms in total. The summed E-state index contributed by atoms with van der Waals surface area (Å²) in [5.41, 5.74) is 9.68. The predicted octanol–water partition coefficient (Wildman–Crippen LogP) is 2.61. The quantitative estimate of drug-likeness (QED) is 0.616. The molecular weight excluding hydrogens is 344 g/mol. The van der Waals surface area contributed by atoms with E-state index >= 15 is 0 Å². The molecule has 0 bridgehead atoms. The fourth-order valence-electron chi connectivity index (χ4n) is 2.84. The molecule has 138 valence electrons. The van der Waals surface area contributed by atoms with Crippen molar-refractivity contribution in [3.63, 3.8) is 0 Å². The molecular formula is C20H20N4O3. The summed E-state index contributed by atoms with van der Waals surface area (Å²) in [6.45, 7) is 0.507. The van der Waals surface area contributed by atoms with E-state index in [-0.39, 0.29) is 12.3 Å². The Labute approximate surface area is 156 Å². The number of aliphatic carboxylic acids is 1. The van der Waals surface area contributed by atoms with E-state index in [1.54, 1.807) is 36.2 Å². The van der Waals surface area contributed by atoms with Gasteiger partial charge in [-0.1, -0.05) is 36.4 Å². The molecule has 0 fully saturated rings. The second-order valence-electron chi connectivity index (χ2n) is 6.31. The lowest BCUT2D eigenvalue weighted by atomic mass is 10.0. The van der Waals surface area contributed by atoms with E-state index in [1.807, 2.05) is 30.3 Å². The van der Waals surface area contributed by atoms with Crippen molar-refractivity contribution >= 4 is 11.8 Å². The maximum atomic E-state index is 10.8. The minimum Gasteiger partial charge on any atom is -0.507 e. The van der Waals surface area contributed by atoms with Crippen LogP contribution in [0.15, 0.2) is 54.6 Å². The fraction of sp³-hybridized carbons (Fsp3) is 0.150. The van der Waals surface area contributed by atoms with Gasteiger partial charge in [-0.15, -0.1) is 10.2 Å². The first-order chi connectivity index (χ1) is 12.9. The van der Waals surface area contributed by atoms with Crippen LogP contribution in [0.1, 0.15) is 5.56 Å². The van der Waals surface area contributed by atoms with E-state index in [9.17, 15) is 9.90 Å². The standard InChI is InChI=1S/C20H20N4O3/c1-24(12-19(26)27)11-13-6-8-14(9-7-13)16-10-17(22-23-20(16)21)15-4-2-3-5-18(15)25/h2-10,25H,11-12H2,1H3,(H2,21,23)(H,26,27). The number of phenols is 1. The number of hydrogen-bond acceptors (Lipinski definition) is 6. The van der Waals surface area contributed by atoms with Crippen molar-refractivity contribution in [2.75, 3.05) is 19.3 Å². The average Bonchev–Trinajstić information content (AvgIpc) is 2.63. The Hall–Kier alpha value is -3.45. The van der Waals surface area contributed by atoms with E-state index in [2.05, 4.69) is 10.2 Å². The van der Waals surface area contributed by atoms with Crippen molar-refractivity contribution in [3.8, 4) is 28.1 Å². The highest BCUT2D eigenvalue weighted by molar-refractivity contribution is 5.79. The van der Waals surface area contributed by atoms with Gasteiger partial charge in [-0.25, -0.2) is 0 Å². The fourth-order valence-corrected chi connectivity index (χ4v) is 2.84. The first-order valence-electron chi connectivity index (χ1n) is 8.35. The maximum Gasteiger partial charge on any atom is 0.317 e. The summed E-state index contributed by atoms with van der Waals surface area (Å²) in [7, 11) is 1.76. The van der Waals surface area contributed by atoms with Crippen molar-refractivity contribution in [3.05, 3.63) is 60.2 Å². The Morgan fingerprint density at radius 1 is 1.07 bits per heavy atom. The number of carbonyl (C=O) groups is 1. The Balaban J connectivity index is 1.87. The second kappa shape index (κ2) is 7.84. The molecule has 3 rings (SSSR count). The van der Waals surface area contributed by atoms with Gasteiger partial charge in [0.25, 0.3) is 0 Å². The van der Waals surface area contributed by atoms with Gasteiger partial charge in [0.15, 0.2) is 5.82 Å². The van der Waals surface area contributed by atoms with Gasteiger partial charge in [0.2, 0.25) is 0 Å². The second-order valence-corrected chi connectivity index (χ2v) is 6.31. The van der Waals surface area contributed by atoms with E-state index in [1.165, 1.54) is 0 Å². The zero-order valence-electron chi connectivity index (χ0n) is 14.8. The highest BCUT2D eigenvalue weighted by atomic mass is 16.4. The number of hydrogen-bond donors (Lipinski definition) is 3. The molecule has 0 atom stereocenters. The van der Waals surface area contributed by atoms with Gasteiger partial charge in [0, 0.05) is 17.7 Å². The van der Waals surface area contributed by atoms with Crippen molar-refractivity contribution in [2.45, 2.75) is 6.54 Å². The van der Waals surface area contributed by atoms with Gasteiger partial charge in [0.05, 0.1) is 12.2 Å². The third kappa shape index (κ3) is 4.39. The topological polar surface area (TPSA) is 113 Å². The third-order valence-corrected chi connectivity index (χ3v) is 4.13. The van der Waals surface area contributed by atoms with Crippen LogP contribution in [0.2, 0.25) is 0 Å². The highest BCUT2D eigenvalue weighted by Crippen LogP contribution is 2.32. The molecule has 0 aliphatic carbocycles. The highest BCUT2D eigenvalue weighted by Gasteiger charge is 2.12. The van der Waals surface area contributed by atoms with Gasteiger partial charge >= 0.3 is 5.97 Å². The van der Waals surface area contributed by atoms with Gasteiger partial charge in [0.1, 0.15) is 5.75 Å². The van der Waals surface area contributed by atoms with Gasteiger partial charge < -0.3 is 15.9 Å². The molecule has 1 aromatic heterocycles. The van der Waals surface area contributed by atoms with E-state index in [0.717, 1.165) is 11.1 Å². The molecule has 0 amide bonds. The van der Waals surface area contributed by atoms with Crippen molar-refractivity contribution in [1.82, 2.24) is 15.1 Å². The van der Waals surface area contributed by atoms with E-state index < -0.39 is 5.97 Å². The summed E-state index contributed by atoms with van der Waals surface area (Å²) >= 11 is 0. The lowest BCUT2D eigenvalue weighted by molar-refractivity contribution is -0.138. The van der Waals surface area contributed by atoms with Crippen LogP contribution in [0.25, 0.3) is 22.4 Å². The van der Waals surface area contributed by atoms with Gasteiger partial charge in [-0.2, -0.15) is 0 Å². The first kappa shape index (κ1) is 18.3. The minimum absolute atomic E-state index is 0.0209. The number of para-hydroxylation sites is 1. The average molecular weight is 364 g/mol. The molecule has 0 unspecified atom stereocenters. The Morgan fingerprint density at radius 3 is 2.44 bits per heavy atom. The summed E-state index contributed by atoms with van der Waals surface area (Å²) in [4.78, 5) is 12.5. The van der Waals surface area contributed by atoms with Crippen molar-refractivity contribution in [2.24, 2.45) is 0 Å². The van der Waals surface area contributed by atoms with Gasteiger partial charge in [-0.3, -0.25) is 9.69 Å². The lowest BCUT2D eigenvalue weighted by Crippen LogP contribution is -2.25. The molecule has 27 heavy (non-hydrogen) atoms. The summed E-state index contributed by atoms with van der Waals surface area (Å²) in [6, 6.07) is 16.4. The molecule has 3 aromatic rings. The number of nitrogens with zero attached hydrogens (tertiary/aromatic N) is 3. The number of carboxylic acid groups (broad SMARTS) is 1. The Kier molecular flexibility index (Phi) is 5.33. The number of nitrogen functional groups attached to an aromatic ring is 1. The molecule has 4 N–H and O–H groups in total. The van der Waals surface area contributed by atoms with Crippen molar-refractivity contribution in [1.29, 1.82) is 0 Å². The van der Waals surface area contributed by atoms with Gasteiger partial charge in [-0.05, 0) is 36.4 Å². The molecule has 0 saturated heterocycles. The normalized spacial score (nSPS) is 10.9. The Morgan fingerprint density at radius 2 is 1.78 bits per heavy atom. The summed E-state index contributed by atoms with van der Waals surface area (Å²) in [6.07, 6.45) is 0. The molecule has 0 aliphatic rings. The largest absolute Gasteiger partial charge is 0.507 e. The number of likely N-dealkylation sites (N-methyl/N-ethyl adjacent to an activating group) is 1. The Bertz CT molecular complexity index is 958. The minimum atomic E-state index is -0.860. The number of phenolic OH excluding ortho intramolecular Hbond substituents is 1. The predicted molar refractivity (Wildman–Crippen MR) is 103 cm³/mol. The molecule has 0 radical (unpaired) electrons. The first-order valence-corrected chi connectivity index (χ1v) is 8.35. The van der Waals surface area contributed by atoms with Crippen LogP contribution in [0.4, 0.5) is 5.82 Å². The smallest absolute Gasteiger partial charge is 0.317 e. The van der Waals surface area contributed by atoms with E-state index in [0.29, 0.717) is 29.2 Å². The molecule has 1 heterocycles. The number of carboxylic acids is 1. The molecule has 2 aromatic carbocycles. The number of benzene rings is 2. The zero-order valence-corrected chi connectivity index (χ0v) is 14.8. The monoisotopic (exact) mass is 364 g/mol. The van der Waals surface area contributed by atoms with Crippen LogP contribution in [0, 0.1) is 0 Å². The third-order valence-electron chi connectivity index (χ3n) is 4.13. The lowest BCUT2D eigenvalue weighted by Gasteiger charge is -2.14. The van der Waals surface area contributed by atoms with Crippen LogP contribution in [-0.2, 0) is 11.3 Å². The molecule has 7 heteroatoms. The zero-order chi connectivity index (χ0) is 19.4. The number of nitrogens with two attached hydrogens (primary N) is 1. The number of aromatic nitrogens is 2.